The van der Waals surface area contributed by atoms with E-state index in [4.69, 9.17) is 0 Å². The van der Waals surface area contributed by atoms with Crippen molar-refractivity contribution < 1.29 is 0 Å². The third kappa shape index (κ3) is 2.39. The number of hydrogen-bond acceptors (Lipinski definition) is 5. The summed E-state index contributed by atoms with van der Waals surface area (Å²) in [5, 5.41) is 7.39. The minimum atomic E-state index is 0.861. The number of nitrogens with zero attached hydrogens (tertiary/aromatic N) is 3. The maximum atomic E-state index is 4.33. The van der Waals surface area contributed by atoms with Crippen LogP contribution in [0.3, 0.4) is 0 Å². The van der Waals surface area contributed by atoms with E-state index in [9.17, 15) is 0 Å². The van der Waals surface area contributed by atoms with Crippen LogP contribution < -0.4 is 10.2 Å². The average Bonchev–Trinajstić information content (AvgIpc) is 3.01. The molecule has 2 aromatic rings. The summed E-state index contributed by atoms with van der Waals surface area (Å²) in [5.74, 6) is 1.88. The van der Waals surface area contributed by atoms with Crippen molar-refractivity contribution in [2.24, 2.45) is 0 Å². The second-order valence-electron chi connectivity index (χ2n) is 4.09. The van der Waals surface area contributed by atoms with E-state index in [-0.39, 0.29) is 0 Å². The molecule has 1 aliphatic rings. The van der Waals surface area contributed by atoms with Crippen LogP contribution in [-0.2, 0) is 0 Å². The van der Waals surface area contributed by atoms with Crippen LogP contribution in [0.5, 0.6) is 0 Å². The van der Waals surface area contributed by atoms with Gasteiger partial charge in [0.15, 0.2) is 0 Å². The topological polar surface area (TPSA) is 41.1 Å². The van der Waals surface area contributed by atoms with E-state index in [0.29, 0.717) is 0 Å². The third-order valence-electron chi connectivity index (χ3n) is 2.88. The Morgan fingerprint density at radius 1 is 1.24 bits per heavy atom. The first-order valence-electron chi connectivity index (χ1n) is 5.78. The zero-order valence-electron chi connectivity index (χ0n) is 9.47. The molecule has 0 spiro atoms. The summed E-state index contributed by atoms with van der Waals surface area (Å²) in [6.45, 7) is 2.21. The lowest BCUT2D eigenvalue weighted by Crippen LogP contribution is -2.19. The van der Waals surface area contributed by atoms with Crippen LogP contribution in [0.4, 0.5) is 17.3 Å². The molecule has 3 rings (SSSR count). The van der Waals surface area contributed by atoms with Gasteiger partial charge in [-0.15, -0.1) is 0 Å². The van der Waals surface area contributed by atoms with Gasteiger partial charge in [-0.25, -0.2) is 9.97 Å². The van der Waals surface area contributed by atoms with Gasteiger partial charge in [0.2, 0.25) is 0 Å². The molecule has 17 heavy (non-hydrogen) atoms. The number of nitrogens with one attached hydrogen (secondary N) is 1. The van der Waals surface area contributed by atoms with E-state index in [1.165, 1.54) is 12.8 Å². The van der Waals surface area contributed by atoms with Crippen molar-refractivity contribution in [2.75, 3.05) is 23.3 Å². The molecule has 5 heteroatoms. The third-order valence-corrected chi connectivity index (χ3v) is 3.56. The van der Waals surface area contributed by atoms with Gasteiger partial charge in [0, 0.05) is 24.5 Å². The van der Waals surface area contributed by atoms with Gasteiger partial charge in [0.1, 0.15) is 18.0 Å². The Bertz CT molecular complexity index is 477. The smallest absolute Gasteiger partial charge is 0.135 e. The second-order valence-corrected chi connectivity index (χ2v) is 4.87. The predicted octanol–water partition coefficient (Wildman–Crippen LogP) is 2.88. The summed E-state index contributed by atoms with van der Waals surface area (Å²) in [6, 6.07) is 4.06. The minimum absolute atomic E-state index is 0.861. The van der Waals surface area contributed by atoms with E-state index in [1.54, 1.807) is 17.7 Å². The van der Waals surface area contributed by atoms with Crippen molar-refractivity contribution in [2.45, 2.75) is 12.8 Å². The molecule has 0 aliphatic carbocycles. The van der Waals surface area contributed by atoms with Gasteiger partial charge in [-0.1, -0.05) is 0 Å². The molecule has 0 atom stereocenters. The molecule has 0 amide bonds. The van der Waals surface area contributed by atoms with Gasteiger partial charge in [-0.3, -0.25) is 0 Å². The highest BCUT2D eigenvalue weighted by Gasteiger charge is 2.13. The largest absolute Gasteiger partial charge is 0.356 e. The molecular weight excluding hydrogens is 232 g/mol. The van der Waals surface area contributed by atoms with Crippen LogP contribution in [0.15, 0.2) is 29.2 Å². The fraction of sp³-hybridized carbons (Fsp3) is 0.333. The monoisotopic (exact) mass is 246 g/mol. The standard InChI is InChI=1S/C12H14N4S/c1-2-5-16(4-1)12-7-11(13-9-14-12)15-10-3-6-17-8-10/h3,6-9H,1-2,4-5H2,(H,13,14,15). The van der Waals surface area contributed by atoms with E-state index < -0.39 is 0 Å². The maximum Gasteiger partial charge on any atom is 0.135 e. The lowest BCUT2D eigenvalue weighted by atomic mass is 10.4. The van der Waals surface area contributed by atoms with Crippen molar-refractivity contribution in [3.8, 4) is 0 Å². The van der Waals surface area contributed by atoms with Crippen molar-refractivity contribution in [1.82, 2.24) is 9.97 Å². The van der Waals surface area contributed by atoms with Gasteiger partial charge >= 0.3 is 0 Å². The zero-order valence-corrected chi connectivity index (χ0v) is 10.3. The van der Waals surface area contributed by atoms with Gasteiger partial charge in [0.05, 0.1) is 5.69 Å². The Hall–Kier alpha value is -1.62. The summed E-state index contributed by atoms with van der Waals surface area (Å²) in [4.78, 5) is 10.9. The normalized spacial score (nSPS) is 15.2. The zero-order chi connectivity index (χ0) is 11.5. The first-order valence-corrected chi connectivity index (χ1v) is 6.72. The van der Waals surface area contributed by atoms with E-state index >= 15 is 0 Å². The number of thiophene rings is 1. The number of aromatic nitrogens is 2. The van der Waals surface area contributed by atoms with E-state index in [2.05, 4.69) is 25.6 Å². The maximum absolute atomic E-state index is 4.33. The molecule has 3 heterocycles. The Morgan fingerprint density at radius 2 is 2.12 bits per heavy atom. The van der Waals surface area contributed by atoms with Crippen LogP contribution in [0.25, 0.3) is 0 Å². The number of rotatable bonds is 3. The molecule has 0 saturated carbocycles. The first kappa shape index (κ1) is 10.5. The summed E-state index contributed by atoms with van der Waals surface area (Å²) < 4.78 is 0. The molecule has 88 valence electrons. The Labute approximate surface area is 104 Å². The fourth-order valence-corrected chi connectivity index (χ4v) is 2.61. The molecule has 0 aromatic carbocycles. The minimum Gasteiger partial charge on any atom is -0.356 e. The number of hydrogen-bond donors (Lipinski definition) is 1. The molecule has 0 unspecified atom stereocenters. The van der Waals surface area contributed by atoms with Crippen molar-refractivity contribution in [3.05, 3.63) is 29.2 Å². The summed E-state index contributed by atoms with van der Waals surface area (Å²) in [6.07, 6.45) is 4.15. The van der Waals surface area contributed by atoms with Gasteiger partial charge in [-0.05, 0) is 24.3 Å². The molecule has 1 saturated heterocycles. The van der Waals surface area contributed by atoms with Crippen LogP contribution in [-0.4, -0.2) is 23.1 Å². The molecular formula is C12H14N4S. The van der Waals surface area contributed by atoms with Crippen LogP contribution in [0.2, 0.25) is 0 Å². The number of anilines is 3. The van der Waals surface area contributed by atoms with Gasteiger partial charge in [0.25, 0.3) is 0 Å². The van der Waals surface area contributed by atoms with Crippen molar-refractivity contribution in [3.63, 3.8) is 0 Å². The Kier molecular flexibility index (Phi) is 2.92. The van der Waals surface area contributed by atoms with E-state index in [0.717, 1.165) is 30.4 Å². The molecule has 4 nitrogen and oxygen atoms in total. The summed E-state index contributed by atoms with van der Waals surface area (Å²) in [7, 11) is 0. The highest BCUT2D eigenvalue weighted by Crippen LogP contribution is 2.22. The quantitative estimate of drug-likeness (QED) is 0.904. The van der Waals surface area contributed by atoms with E-state index in [1.807, 2.05) is 17.5 Å². The Morgan fingerprint density at radius 3 is 2.88 bits per heavy atom. The molecule has 1 aliphatic heterocycles. The van der Waals surface area contributed by atoms with Crippen LogP contribution in [0, 0.1) is 0 Å². The second kappa shape index (κ2) is 4.71. The Balaban J connectivity index is 1.78. The average molecular weight is 246 g/mol. The summed E-state index contributed by atoms with van der Waals surface area (Å²) in [5.41, 5.74) is 1.08. The predicted molar refractivity (Wildman–Crippen MR) is 71.1 cm³/mol. The first-order chi connectivity index (χ1) is 8.42. The van der Waals surface area contributed by atoms with Crippen LogP contribution >= 0.6 is 11.3 Å². The SMILES string of the molecule is c1nc(Nc2ccsc2)cc(N2CCCC2)n1. The summed E-state index contributed by atoms with van der Waals surface area (Å²) >= 11 is 1.67. The molecule has 1 N–H and O–H groups in total. The lowest BCUT2D eigenvalue weighted by Gasteiger charge is -2.16. The lowest BCUT2D eigenvalue weighted by molar-refractivity contribution is 0.928. The fourth-order valence-electron chi connectivity index (χ4n) is 2.02. The highest BCUT2D eigenvalue weighted by atomic mass is 32.1. The van der Waals surface area contributed by atoms with Crippen LogP contribution in [0.1, 0.15) is 12.8 Å². The molecule has 0 radical (unpaired) electrons. The molecule has 1 fully saturated rings. The van der Waals surface area contributed by atoms with Crippen molar-refractivity contribution >= 4 is 28.7 Å². The highest BCUT2D eigenvalue weighted by molar-refractivity contribution is 7.08. The van der Waals surface area contributed by atoms with Gasteiger partial charge < -0.3 is 10.2 Å². The van der Waals surface area contributed by atoms with Gasteiger partial charge in [-0.2, -0.15) is 11.3 Å². The molecule has 2 aromatic heterocycles. The molecule has 0 bridgehead atoms. The van der Waals surface area contributed by atoms with Crippen molar-refractivity contribution in [1.29, 1.82) is 0 Å².